The molecule has 0 aliphatic heterocycles. The lowest BCUT2D eigenvalue weighted by Gasteiger charge is -2.19. The maximum absolute atomic E-state index is 10.7. The summed E-state index contributed by atoms with van der Waals surface area (Å²) in [6, 6.07) is 53.1. The smallest absolute Gasteiger partial charge is 0.195 e. The first-order valence-corrected chi connectivity index (χ1v) is 16.2. The van der Waals surface area contributed by atoms with E-state index < -0.39 is 0 Å². The highest BCUT2D eigenvalue weighted by atomic mass is 15.0. The van der Waals surface area contributed by atoms with Crippen LogP contribution in [0.3, 0.4) is 0 Å². The molecule has 0 fully saturated rings. The zero-order valence-corrected chi connectivity index (χ0v) is 26.7. The molecule has 0 aliphatic carbocycles. The average Bonchev–Trinajstić information content (AvgIpc) is 3.70. The molecule has 50 heavy (non-hydrogen) atoms. The van der Waals surface area contributed by atoms with Crippen LogP contribution in [0.15, 0.2) is 152 Å². The van der Waals surface area contributed by atoms with Crippen LogP contribution in [0.1, 0.15) is 5.56 Å². The van der Waals surface area contributed by atoms with Crippen molar-refractivity contribution in [1.82, 2.24) is 9.13 Å². The number of hydrogen-bond acceptors (Lipinski definition) is 1. The van der Waals surface area contributed by atoms with E-state index in [0.717, 1.165) is 77.2 Å². The third-order valence-electron chi connectivity index (χ3n) is 9.61. The lowest BCUT2D eigenvalue weighted by molar-refractivity contribution is 1.18. The second-order valence-electron chi connectivity index (χ2n) is 12.2. The monoisotopic (exact) mass is 635 g/mol. The van der Waals surface area contributed by atoms with Gasteiger partial charge in [-0.05, 0) is 76.2 Å². The Morgan fingerprint density at radius 1 is 0.480 bits per heavy atom. The van der Waals surface area contributed by atoms with E-state index in [0.29, 0.717) is 16.9 Å². The molecule has 0 amide bonds. The Morgan fingerprint density at radius 3 is 1.76 bits per heavy atom. The SMILES string of the molecule is [C-]#[N+]c1ccc2c(c1)c1ccccc1n2-c1ccccc1-c1c([N+]#[C-])cccc1-c1ccc(-n2c3ccccc3c3ccccc32)cc1C#N. The predicted octanol–water partition coefficient (Wildman–Crippen LogP) is 12.2. The molecule has 2 aromatic heterocycles. The lowest BCUT2D eigenvalue weighted by atomic mass is 9.89. The van der Waals surface area contributed by atoms with Crippen LogP contribution < -0.4 is 0 Å². The molecule has 230 valence electrons. The van der Waals surface area contributed by atoms with Crippen molar-refractivity contribution < 1.29 is 0 Å². The van der Waals surface area contributed by atoms with Crippen molar-refractivity contribution in [2.45, 2.75) is 0 Å². The van der Waals surface area contributed by atoms with Gasteiger partial charge in [0.15, 0.2) is 11.4 Å². The van der Waals surface area contributed by atoms with E-state index in [1.807, 2.05) is 84.9 Å². The van der Waals surface area contributed by atoms with Crippen molar-refractivity contribution >= 4 is 55.0 Å². The zero-order valence-electron chi connectivity index (χ0n) is 26.7. The lowest BCUT2D eigenvalue weighted by Crippen LogP contribution is -1.99. The summed E-state index contributed by atoms with van der Waals surface area (Å²) in [5.74, 6) is 0. The van der Waals surface area contributed by atoms with Crippen molar-refractivity contribution in [3.05, 3.63) is 180 Å². The zero-order chi connectivity index (χ0) is 33.8. The highest BCUT2D eigenvalue weighted by molar-refractivity contribution is 6.12. The van der Waals surface area contributed by atoms with E-state index in [1.165, 1.54) is 0 Å². The Hall–Kier alpha value is -7.39. The van der Waals surface area contributed by atoms with Gasteiger partial charge in [0.2, 0.25) is 0 Å². The van der Waals surface area contributed by atoms with Gasteiger partial charge in [-0.25, -0.2) is 9.69 Å². The minimum absolute atomic E-state index is 0.501. The van der Waals surface area contributed by atoms with E-state index in [-0.39, 0.29) is 0 Å². The van der Waals surface area contributed by atoms with Crippen LogP contribution in [0, 0.1) is 24.5 Å². The van der Waals surface area contributed by atoms with Crippen molar-refractivity contribution in [3.8, 4) is 39.7 Å². The van der Waals surface area contributed by atoms with E-state index in [2.05, 4.69) is 91.6 Å². The molecule has 0 unspecified atom stereocenters. The molecule has 0 aliphatic rings. The maximum Gasteiger partial charge on any atom is 0.195 e. The molecule has 0 N–H and O–H groups in total. The molecule has 0 spiro atoms. The first-order chi connectivity index (χ1) is 24.7. The highest BCUT2D eigenvalue weighted by Crippen LogP contribution is 2.45. The molecule has 9 aromatic rings. The van der Waals surface area contributed by atoms with Crippen LogP contribution in [-0.4, -0.2) is 9.13 Å². The summed E-state index contributed by atoms with van der Waals surface area (Å²) >= 11 is 0. The summed E-state index contributed by atoms with van der Waals surface area (Å²) in [6.45, 7) is 15.9. The molecule has 0 saturated carbocycles. The van der Waals surface area contributed by atoms with Gasteiger partial charge in [0.05, 0.1) is 52.5 Å². The Bertz CT molecular complexity index is 2920. The van der Waals surface area contributed by atoms with E-state index >= 15 is 0 Å². The second-order valence-corrected chi connectivity index (χ2v) is 12.2. The van der Waals surface area contributed by atoms with Crippen LogP contribution in [0.4, 0.5) is 11.4 Å². The molecule has 0 bridgehead atoms. The number of nitrogens with zero attached hydrogens (tertiary/aromatic N) is 5. The topological polar surface area (TPSA) is 42.4 Å². The van der Waals surface area contributed by atoms with Gasteiger partial charge in [-0.15, -0.1) is 0 Å². The van der Waals surface area contributed by atoms with Crippen LogP contribution >= 0.6 is 0 Å². The number of benzene rings is 7. The fourth-order valence-electron chi connectivity index (χ4n) is 7.51. The molecule has 0 saturated heterocycles. The number of rotatable bonds is 4. The quantitative estimate of drug-likeness (QED) is 0.177. The second kappa shape index (κ2) is 11.4. The minimum Gasteiger partial charge on any atom is -0.309 e. The fraction of sp³-hybridized carbons (Fsp3) is 0. The molecule has 0 atom stereocenters. The van der Waals surface area contributed by atoms with E-state index in [9.17, 15) is 5.26 Å². The number of fused-ring (bicyclic) bond motifs is 6. The Balaban J connectivity index is 1.29. The summed E-state index contributed by atoms with van der Waals surface area (Å²) < 4.78 is 4.43. The summed E-state index contributed by atoms with van der Waals surface area (Å²) in [5.41, 5.74) is 10.8. The van der Waals surface area contributed by atoms with Gasteiger partial charge in [-0.1, -0.05) is 103 Å². The summed E-state index contributed by atoms with van der Waals surface area (Å²) in [7, 11) is 0. The molecule has 0 radical (unpaired) electrons. The van der Waals surface area contributed by atoms with Crippen molar-refractivity contribution in [2.75, 3.05) is 0 Å². The molecule has 5 heteroatoms. The summed E-state index contributed by atoms with van der Waals surface area (Å²) in [5, 5.41) is 15.0. The van der Waals surface area contributed by atoms with Crippen LogP contribution in [-0.2, 0) is 0 Å². The molecule has 7 aromatic carbocycles. The van der Waals surface area contributed by atoms with E-state index in [4.69, 9.17) is 13.1 Å². The van der Waals surface area contributed by atoms with Gasteiger partial charge in [-0.2, -0.15) is 5.26 Å². The predicted molar refractivity (Wildman–Crippen MR) is 203 cm³/mol. The first kappa shape index (κ1) is 28.8. The van der Waals surface area contributed by atoms with Crippen molar-refractivity contribution in [2.24, 2.45) is 0 Å². The Kier molecular flexibility index (Phi) is 6.56. The average molecular weight is 636 g/mol. The molecule has 2 heterocycles. The number of nitriles is 1. The number of para-hydroxylation sites is 4. The number of hydrogen-bond donors (Lipinski definition) is 0. The van der Waals surface area contributed by atoms with Crippen molar-refractivity contribution in [3.63, 3.8) is 0 Å². The third kappa shape index (κ3) is 4.24. The van der Waals surface area contributed by atoms with Crippen LogP contribution in [0.25, 0.3) is 86.9 Å². The molecule has 9 rings (SSSR count). The van der Waals surface area contributed by atoms with Gasteiger partial charge in [-0.3, -0.25) is 0 Å². The summed E-state index contributed by atoms with van der Waals surface area (Å²) in [6.07, 6.45) is 0. The highest BCUT2D eigenvalue weighted by Gasteiger charge is 2.22. The largest absolute Gasteiger partial charge is 0.309 e. The van der Waals surface area contributed by atoms with Crippen LogP contribution in [0.5, 0.6) is 0 Å². The number of aromatic nitrogens is 2. The molecule has 5 nitrogen and oxygen atoms in total. The van der Waals surface area contributed by atoms with Gasteiger partial charge in [0.25, 0.3) is 0 Å². The van der Waals surface area contributed by atoms with Gasteiger partial charge >= 0.3 is 0 Å². The summed E-state index contributed by atoms with van der Waals surface area (Å²) in [4.78, 5) is 7.70. The third-order valence-corrected chi connectivity index (χ3v) is 9.61. The standard InChI is InChI=1S/C45H25N5/c1-47-30-22-25-44-38(27-30)35-14-5-9-20-42(35)50(44)43-21-10-6-15-37(43)45-36(16-11-17-39(45)48-2)32-24-23-31(26-29(32)28-46)49-40-18-7-3-12-33(40)34-13-4-8-19-41(34)49/h3-27H. The Labute approximate surface area is 288 Å². The van der Waals surface area contributed by atoms with Gasteiger partial charge < -0.3 is 9.13 Å². The molecular formula is C45H25N5. The minimum atomic E-state index is 0.501. The first-order valence-electron chi connectivity index (χ1n) is 16.2. The normalized spacial score (nSPS) is 11.1. The Morgan fingerprint density at radius 2 is 1.08 bits per heavy atom. The van der Waals surface area contributed by atoms with E-state index in [1.54, 1.807) is 0 Å². The van der Waals surface area contributed by atoms with Crippen LogP contribution in [0.2, 0.25) is 0 Å². The van der Waals surface area contributed by atoms with Crippen molar-refractivity contribution in [1.29, 1.82) is 5.26 Å². The molecular weight excluding hydrogens is 611 g/mol. The fourth-order valence-corrected chi connectivity index (χ4v) is 7.51. The maximum atomic E-state index is 10.7. The van der Waals surface area contributed by atoms with Gasteiger partial charge in [0.1, 0.15) is 0 Å². The van der Waals surface area contributed by atoms with Gasteiger partial charge in [0, 0.05) is 21.8 Å².